The van der Waals surface area contributed by atoms with Crippen LogP contribution in [0.15, 0.2) is 24.3 Å². The van der Waals surface area contributed by atoms with Crippen LogP contribution in [0.2, 0.25) is 0 Å². The Hall–Kier alpha value is -1.95. The lowest BCUT2D eigenvalue weighted by Gasteiger charge is -2.15. The number of aromatic nitrogens is 2. The van der Waals surface area contributed by atoms with E-state index >= 15 is 0 Å². The molecule has 88 valence electrons. The lowest BCUT2D eigenvalue weighted by atomic mass is 10.2. The van der Waals surface area contributed by atoms with Crippen LogP contribution in [0.3, 0.4) is 0 Å². The summed E-state index contributed by atoms with van der Waals surface area (Å²) in [6, 6.07) is 7.46. The summed E-state index contributed by atoms with van der Waals surface area (Å²) in [7, 11) is 1.93. The molecule has 2 rings (SSSR count). The second kappa shape index (κ2) is 4.50. The number of rotatable bonds is 3. The lowest BCUT2D eigenvalue weighted by molar-refractivity contribution is 1.02. The molecule has 1 aromatic carbocycles. The fourth-order valence-electron chi connectivity index (χ4n) is 1.40. The number of benzene rings is 1. The molecule has 6 heteroatoms. The van der Waals surface area contributed by atoms with Crippen molar-refractivity contribution in [2.45, 2.75) is 6.92 Å². The van der Waals surface area contributed by atoms with E-state index in [4.69, 9.17) is 11.1 Å². The lowest BCUT2D eigenvalue weighted by Crippen LogP contribution is -2.12. The van der Waals surface area contributed by atoms with Crippen molar-refractivity contribution in [3.05, 3.63) is 34.8 Å². The maximum Gasteiger partial charge on any atom is 0.212 e. The minimum atomic E-state index is 0.0750. The summed E-state index contributed by atoms with van der Waals surface area (Å²) >= 11 is 1.54. The van der Waals surface area contributed by atoms with Gasteiger partial charge in [0.2, 0.25) is 5.13 Å². The van der Waals surface area contributed by atoms with Crippen LogP contribution >= 0.6 is 11.3 Å². The molecule has 0 unspecified atom stereocenters. The van der Waals surface area contributed by atoms with E-state index in [-0.39, 0.29) is 5.84 Å². The monoisotopic (exact) mass is 247 g/mol. The fraction of sp³-hybridized carbons (Fsp3) is 0.182. The van der Waals surface area contributed by atoms with Gasteiger partial charge in [-0.3, -0.25) is 5.41 Å². The molecular formula is C11H13N5S. The third kappa shape index (κ3) is 2.42. The predicted molar refractivity (Wildman–Crippen MR) is 70.2 cm³/mol. The van der Waals surface area contributed by atoms with Gasteiger partial charge in [-0.15, -0.1) is 10.2 Å². The van der Waals surface area contributed by atoms with Crippen LogP contribution in [0.5, 0.6) is 0 Å². The molecule has 0 aliphatic carbocycles. The van der Waals surface area contributed by atoms with E-state index in [1.807, 2.05) is 43.1 Å². The van der Waals surface area contributed by atoms with E-state index in [9.17, 15) is 0 Å². The molecule has 5 nitrogen and oxygen atoms in total. The number of aryl methyl sites for hydroxylation is 1. The highest BCUT2D eigenvalue weighted by molar-refractivity contribution is 7.15. The zero-order valence-electron chi connectivity index (χ0n) is 9.64. The van der Waals surface area contributed by atoms with E-state index < -0.39 is 0 Å². The Balaban J connectivity index is 2.25. The molecule has 0 spiro atoms. The van der Waals surface area contributed by atoms with Crippen molar-refractivity contribution >= 4 is 28.0 Å². The van der Waals surface area contributed by atoms with Gasteiger partial charge in [-0.05, 0) is 31.2 Å². The number of nitrogen functional groups attached to an aromatic ring is 1. The SMILES string of the molecule is Cc1nnc(N(C)c2ccc(C(=N)N)cc2)s1. The summed E-state index contributed by atoms with van der Waals surface area (Å²) in [5.41, 5.74) is 7.11. The van der Waals surface area contributed by atoms with Gasteiger partial charge in [0.1, 0.15) is 10.8 Å². The number of nitrogens with zero attached hydrogens (tertiary/aromatic N) is 3. The molecule has 1 aromatic heterocycles. The normalized spacial score (nSPS) is 10.2. The van der Waals surface area contributed by atoms with Gasteiger partial charge in [-0.2, -0.15) is 0 Å². The van der Waals surface area contributed by atoms with Gasteiger partial charge < -0.3 is 10.6 Å². The Bertz CT molecular complexity index is 531. The number of hydrogen-bond donors (Lipinski definition) is 2. The molecule has 0 saturated heterocycles. The number of nitrogens with two attached hydrogens (primary N) is 1. The van der Waals surface area contributed by atoms with E-state index in [2.05, 4.69) is 10.2 Å². The van der Waals surface area contributed by atoms with Crippen LogP contribution < -0.4 is 10.6 Å². The van der Waals surface area contributed by atoms with Crippen LogP contribution in [0.1, 0.15) is 10.6 Å². The summed E-state index contributed by atoms with van der Waals surface area (Å²) in [5.74, 6) is 0.0750. The quantitative estimate of drug-likeness (QED) is 0.641. The molecule has 0 aliphatic heterocycles. The van der Waals surface area contributed by atoms with Crippen molar-refractivity contribution < 1.29 is 0 Å². The Morgan fingerprint density at radius 1 is 1.29 bits per heavy atom. The molecule has 1 heterocycles. The van der Waals surface area contributed by atoms with Gasteiger partial charge in [0.25, 0.3) is 0 Å². The summed E-state index contributed by atoms with van der Waals surface area (Å²) in [5, 5.41) is 17.2. The van der Waals surface area contributed by atoms with Crippen molar-refractivity contribution in [3.8, 4) is 0 Å². The molecule has 0 atom stereocenters. The first-order valence-electron chi connectivity index (χ1n) is 5.06. The van der Waals surface area contributed by atoms with Crippen LogP contribution in [-0.2, 0) is 0 Å². The molecule has 0 fully saturated rings. The first-order valence-corrected chi connectivity index (χ1v) is 5.88. The Morgan fingerprint density at radius 3 is 2.41 bits per heavy atom. The van der Waals surface area contributed by atoms with Crippen LogP contribution in [-0.4, -0.2) is 23.1 Å². The molecule has 0 radical (unpaired) electrons. The molecule has 0 amide bonds. The summed E-state index contributed by atoms with van der Waals surface area (Å²) in [6.45, 7) is 1.92. The maximum atomic E-state index is 7.32. The zero-order valence-corrected chi connectivity index (χ0v) is 10.5. The highest BCUT2D eigenvalue weighted by Gasteiger charge is 2.08. The second-order valence-corrected chi connectivity index (χ2v) is 4.78. The summed E-state index contributed by atoms with van der Waals surface area (Å²) in [4.78, 5) is 1.95. The van der Waals surface area contributed by atoms with E-state index in [1.165, 1.54) is 11.3 Å². The van der Waals surface area contributed by atoms with E-state index in [1.54, 1.807) is 0 Å². The molecule has 0 saturated carbocycles. The maximum absolute atomic E-state index is 7.32. The standard InChI is InChI=1S/C11H13N5S/c1-7-14-15-11(17-7)16(2)9-5-3-8(4-6-9)10(12)13/h3-6H,1-2H3,(H3,12,13). The molecule has 17 heavy (non-hydrogen) atoms. The molecule has 3 N–H and O–H groups in total. The second-order valence-electron chi connectivity index (χ2n) is 3.62. The number of amidine groups is 1. The topological polar surface area (TPSA) is 78.9 Å². The van der Waals surface area contributed by atoms with Gasteiger partial charge in [0, 0.05) is 18.3 Å². The van der Waals surface area contributed by atoms with Gasteiger partial charge in [-0.25, -0.2) is 0 Å². The average Bonchev–Trinajstić information content (AvgIpc) is 2.75. The Labute approximate surface area is 103 Å². The van der Waals surface area contributed by atoms with Gasteiger partial charge in [-0.1, -0.05) is 11.3 Å². The van der Waals surface area contributed by atoms with Crippen molar-refractivity contribution in [2.24, 2.45) is 5.73 Å². The minimum absolute atomic E-state index is 0.0750. The summed E-state index contributed by atoms with van der Waals surface area (Å²) in [6.07, 6.45) is 0. The summed E-state index contributed by atoms with van der Waals surface area (Å²) < 4.78 is 0. The van der Waals surface area contributed by atoms with Crippen molar-refractivity contribution in [2.75, 3.05) is 11.9 Å². The Morgan fingerprint density at radius 2 is 1.94 bits per heavy atom. The molecule has 0 aliphatic rings. The minimum Gasteiger partial charge on any atom is -0.384 e. The fourth-order valence-corrected chi connectivity index (χ4v) is 2.07. The van der Waals surface area contributed by atoms with Crippen molar-refractivity contribution in [1.82, 2.24) is 10.2 Å². The third-order valence-electron chi connectivity index (χ3n) is 2.37. The highest BCUT2D eigenvalue weighted by Crippen LogP contribution is 2.26. The van der Waals surface area contributed by atoms with E-state index in [0.29, 0.717) is 0 Å². The number of hydrogen-bond acceptors (Lipinski definition) is 5. The van der Waals surface area contributed by atoms with Gasteiger partial charge in [0.05, 0.1) is 0 Å². The van der Waals surface area contributed by atoms with Crippen molar-refractivity contribution in [1.29, 1.82) is 5.41 Å². The molecular weight excluding hydrogens is 234 g/mol. The molecule has 2 aromatic rings. The number of anilines is 2. The van der Waals surface area contributed by atoms with Crippen LogP contribution in [0.25, 0.3) is 0 Å². The van der Waals surface area contributed by atoms with E-state index in [0.717, 1.165) is 21.4 Å². The van der Waals surface area contributed by atoms with Crippen LogP contribution in [0, 0.1) is 12.3 Å². The highest BCUT2D eigenvalue weighted by atomic mass is 32.1. The average molecular weight is 247 g/mol. The predicted octanol–water partition coefficient (Wildman–Crippen LogP) is 1.90. The Kier molecular flexibility index (Phi) is 3.06. The van der Waals surface area contributed by atoms with Gasteiger partial charge >= 0.3 is 0 Å². The number of nitrogens with one attached hydrogen (secondary N) is 1. The van der Waals surface area contributed by atoms with Crippen LogP contribution in [0.4, 0.5) is 10.8 Å². The molecule has 0 bridgehead atoms. The largest absolute Gasteiger partial charge is 0.384 e. The third-order valence-corrected chi connectivity index (χ3v) is 3.28. The van der Waals surface area contributed by atoms with Crippen molar-refractivity contribution in [3.63, 3.8) is 0 Å². The smallest absolute Gasteiger partial charge is 0.212 e. The van der Waals surface area contributed by atoms with Gasteiger partial charge in [0.15, 0.2) is 0 Å². The first kappa shape index (κ1) is 11.5. The zero-order chi connectivity index (χ0) is 12.4. The first-order chi connectivity index (χ1) is 8.08.